The number of hydrogen-bond acceptors (Lipinski definition) is 6. The quantitative estimate of drug-likeness (QED) is 0.502. The molecule has 2 aromatic rings. The van der Waals surface area contributed by atoms with E-state index in [1.807, 2.05) is 30.3 Å². The van der Waals surface area contributed by atoms with Crippen LogP contribution in [-0.2, 0) is 4.79 Å². The molecular formula is C16H13N5O2. The van der Waals surface area contributed by atoms with Crippen molar-refractivity contribution in [1.29, 1.82) is 5.26 Å². The fraction of sp³-hybridized carbons (Fsp3) is 0.0625. The Kier molecular flexibility index (Phi) is 5.54. The Labute approximate surface area is 132 Å². The van der Waals surface area contributed by atoms with Crippen LogP contribution in [-0.4, -0.2) is 17.2 Å². The molecule has 7 heteroatoms. The molecule has 0 saturated heterocycles. The summed E-state index contributed by atoms with van der Waals surface area (Å²) < 4.78 is 0. The van der Waals surface area contributed by atoms with E-state index in [0.29, 0.717) is 16.9 Å². The minimum Gasteiger partial charge on any atom is -0.507 e. The van der Waals surface area contributed by atoms with Gasteiger partial charge in [0, 0.05) is 5.56 Å². The zero-order chi connectivity index (χ0) is 16.5. The van der Waals surface area contributed by atoms with E-state index in [1.54, 1.807) is 18.2 Å². The molecule has 0 radical (unpaired) electrons. The number of rotatable bonds is 5. The van der Waals surface area contributed by atoms with Crippen molar-refractivity contribution in [3.05, 3.63) is 54.1 Å². The van der Waals surface area contributed by atoms with Gasteiger partial charge in [0.1, 0.15) is 12.2 Å². The third-order valence-electron chi connectivity index (χ3n) is 2.68. The van der Waals surface area contributed by atoms with Crippen LogP contribution < -0.4 is 5.43 Å². The Balaban J connectivity index is 2.10. The number of amides is 1. The van der Waals surface area contributed by atoms with Gasteiger partial charge in [-0.25, -0.2) is 5.43 Å². The van der Waals surface area contributed by atoms with E-state index in [1.165, 1.54) is 12.3 Å². The molecule has 0 bridgehead atoms. The van der Waals surface area contributed by atoms with Gasteiger partial charge in [0.15, 0.2) is 0 Å². The van der Waals surface area contributed by atoms with Crippen molar-refractivity contribution in [2.24, 2.45) is 15.3 Å². The Morgan fingerprint density at radius 1 is 1.17 bits per heavy atom. The lowest BCUT2D eigenvalue weighted by Crippen LogP contribution is -2.16. The normalized spacial score (nSPS) is 10.7. The average molecular weight is 307 g/mol. The van der Waals surface area contributed by atoms with E-state index in [4.69, 9.17) is 5.26 Å². The fourth-order valence-electron chi connectivity index (χ4n) is 1.60. The standard InChI is InChI=1S/C16H13N5O2/c17-9-8-16(23)21-18-11-12-10-14(6-7-15(12)22)20-19-13-4-2-1-3-5-13/h1-7,10-11,22H,8H2,(H,21,23)/b18-11+,20-19?. The van der Waals surface area contributed by atoms with E-state index >= 15 is 0 Å². The number of nitriles is 1. The molecule has 0 unspecified atom stereocenters. The number of hydrazone groups is 1. The maximum Gasteiger partial charge on any atom is 0.254 e. The smallest absolute Gasteiger partial charge is 0.254 e. The topological polar surface area (TPSA) is 110 Å². The van der Waals surface area contributed by atoms with Crippen LogP contribution in [0.5, 0.6) is 5.75 Å². The second kappa shape index (κ2) is 8.05. The summed E-state index contributed by atoms with van der Waals surface area (Å²) in [5.41, 5.74) is 3.78. The number of nitrogens with one attached hydrogen (secondary N) is 1. The van der Waals surface area contributed by atoms with Crippen LogP contribution in [0, 0.1) is 11.3 Å². The largest absolute Gasteiger partial charge is 0.507 e. The predicted octanol–water partition coefficient (Wildman–Crippen LogP) is 3.17. The summed E-state index contributed by atoms with van der Waals surface area (Å²) in [6.45, 7) is 0. The van der Waals surface area contributed by atoms with E-state index in [9.17, 15) is 9.90 Å². The molecule has 2 rings (SSSR count). The van der Waals surface area contributed by atoms with Crippen molar-refractivity contribution in [3.63, 3.8) is 0 Å². The van der Waals surface area contributed by atoms with Gasteiger partial charge < -0.3 is 5.11 Å². The summed E-state index contributed by atoms with van der Waals surface area (Å²) in [7, 11) is 0. The van der Waals surface area contributed by atoms with Crippen LogP contribution in [0.25, 0.3) is 0 Å². The third-order valence-corrected chi connectivity index (χ3v) is 2.68. The highest BCUT2D eigenvalue weighted by atomic mass is 16.3. The van der Waals surface area contributed by atoms with Crippen LogP contribution in [0.1, 0.15) is 12.0 Å². The molecular weight excluding hydrogens is 294 g/mol. The average Bonchev–Trinajstić information content (AvgIpc) is 2.56. The lowest BCUT2D eigenvalue weighted by atomic mass is 10.2. The molecule has 2 N–H and O–H groups in total. The van der Waals surface area contributed by atoms with Crippen molar-refractivity contribution in [2.75, 3.05) is 0 Å². The number of aromatic hydroxyl groups is 1. The van der Waals surface area contributed by atoms with Crippen LogP contribution in [0.2, 0.25) is 0 Å². The highest BCUT2D eigenvalue weighted by Crippen LogP contribution is 2.23. The molecule has 114 valence electrons. The molecule has 2 aromatic carbocycles. The van der Waals surface area contributed by atoms with Crippen molar-refractivity contribution >= 4 is 23.5 Å². The lowest BCUT2D eigenvalue weighted by molar-refractivity contribution is -0.120. The Morgan fingerprint density at radius 3 is 2.65 bits per heavy atom. The van der Waals surface area contributed by atoms with Gasteiger partial charge in [0.05, 0.1) is 23.7 Å². The number of hydrogen-bond donors (Lipinski definition) is 2. The first-order valence-electron chi connectivity index (χ1n) is 6.67. The summed E-state index contributed by atoms with van der Waals surface area (Å²) >= 11 is 0. The molecule has 0 aliphatic heterocycles. The molecule has 0 saturated carbocycles. The molecule has 0 aliphatic rings. The summed E-state index contributed by atoms with van der Waals surface area (Å²) in [5, 5.41) is 29.9. The van der Waals surface area contributed by atoms with Crippen LogP contribution in [0.15, 0.2) is 63.9 Å². The highest BCUT2D eigenvalue weighted by molar-refractivity contribution is 5.86. The molecule has 0 spiro atoms. The minimum absolute atomic E-state index is 0.0121. The maximum atomic E-state index is 11.1. The van der Waals surface area contributed by atoms with Crippen molar-refractivity contribution in [2.45, 2.75) is 6.42 Å². The summed E-state index contributed by atoms with van der Waals surface area (Å²) in [5.74, 6) is -0.537. The highest BCUT2D eigenvalue weighted by Gasteiger charge is 2.01. The molecule has 0 fully saturated rings. The monoisotopic (exact) mass is 307 g/mol. The number of phenols is 1. The predicted molar refractivity (Wildman–Crippen MR) is 84.7 cm³/mol. The molecule has 23 heavy (non-hydrogen) atoms. The summed E-state index contributed by atoms with van der Waals surface area (Å²) in [6, 6.07) is 15.6. The molecule has 0 atom stereocenters. The molecule has 1 amide bonds. The lowest BCUT2D eigenvalue weighted by Gasteiger charge is -2.00. The van der Waals surface area contributed by atoms with Crippen LogP contribution in [0.3, 0.4) is 0 Å². The van der Waals surface area contributed by atoms with Gasteiger partial charge in [0.25, 0.3) is 5.91 Å². The van der Waals surface area contributed by atoms with Crippen LogP contribution >= 0.6 is 0 Å². The molecule has 0 heterocycles. The minimum atomic E-state index is -0.525. The third kappa shape index (κ3) is 5.06. The van der Waals surface area contributed by atoms with Gasteiger partial charge in [-0.15, -0.1) is 0 Å². The van der Waals surface area contributed by atoms with Gasteiger partial charge in [-0.2, -0.15) is 20.6 Å². The SMILES string of the molecule is N#CCC(=O)N/N=C/c1cc(N=Nc2ccccc2)ccc1O. The zero-order valence-corrected chi connectivity index (χ0v) is 12.0. The molecule has 0 aliphatic carbocycles. The first kappa shape index (κ1) is 15.9. The van der Waals surface area contributed by atoms with E-state index < -0.39 is 5.91 Å². The first-order valence-corrected chi connectivity index (χ1v) is 6.67. The van der Waals surface area contributed by atoms with Crippen molar-refractivity contribution < 1.29 is 9.90 Å². The molecule has 7 nitrogen and oxygen atoms in total. The number of nitrogens with zero attached hydrogens (tertiary/aromatic N) is 4. The fourth-order valence-corrected chi connectivity index (χ4v) is 1.60. The maximum absolute atomic E-state index is 11.1. The number of carbonyl (C=O) groups is 1. The van der Waals surface area contributed by atoms with Gasteiger partial charge in [-0.05, 0) is 30.3 Å². The van der Waals surface area contributed by atoms with Gasteiger partial charge in [0.2, 0.25) is 0 Å². The second-order valence-electron chi connectivity index (χ2n) is 4.41. The Morgan fingerprint density at radius 2 is 1.91 bits per heavy atom. The number of azo groups is 1. The number of carbonyl (C=O) groups excluding carboxylic acids is 1. The molecule has 0 aromatic heterocycles. The Bertz CT molecular complexity index is 779. The number of phenolic OH excluding ortho intramolecular Hbond substituents is 1. The zero-order valence-electron chi connectivity index (χ0n) is 12.0. The Hall–Kier alpha value is -3.53. The first-order chi connectivity index (χ1) is 11.2. The van der Waals surface area contributed by atoms with E-state index in [-0.39, 0.29) is 12.2 Å². The summed E-state index contributed by atoms with van der Waals surface area (Å²) in [6.07, 6.45) is 0.987. The van der Waals surface area contributed by atoms with Crippen molar-refractivity contribution in [3.8, 4) is 11.8 Å². The number of benzene rings is 2. The second-order valence-corrected chi connectivity index (χ2v) is 4.41. The van der Waals surface area contributed by atoms with Gasteiger partial charge in [-0.3, -0.25) is 4.79 Å². The van der Waals surface area contributed by atoms with E-state index in [2.05, 4.69) is 20.8 Å². The summed E-state index contributed by atoms with van der Waals surface area (Å²) in [4.78, 5) is 11.1. The van der Waals surface area contributed by atoms with Crippen LogP contribution in [0.4, 0.5) is 11.4 Å². The van der Waals surface area contributed by atoms with Crippen molar-refractivity contribution in [1.82, 2.24) is 5.43 Å². The van der Waals surface area contributed by atoms with E-state index in [0.717, 1.165) is 0 Å². The van der Waals surface area contributed by atoms with Gasteiger partial charge >= 0.3 is 0 Å². The van der Waals surface area contributed by atoms with Gasteiger partial charge in [-0.1, -0.05) is 18.2 Å².